The zero-order valence-corrected chi connectivity index (χ0v) is 13.2. The first-order valence-corrected chi connectivity index (χ1v) is 7.78. The fourth-order valence-corrected chi connectivity index (χ4v) is 2.79. The number of rotatable bonds is 4. The van der Waals surface area contributed by atoms with E-state index in [0.29, 0.717) is 18.3 Å². The monoisotopic (exact) mass is 290 g/mol. The number of phenolic OH excluding ortho intramolecular Hbond substituents is 1. The Morgan fingerprint density at radius 3 is 2.67 bits per heavy atom. The van der Waals surface area contributed by atoms with Crippen LogP contribution in [-0.4, -0.2) is 35.0 Å². The van der Waals surface area contributed by atoms with E-state index < -0.39 is 0 Å². The van der Waals surface area contributed by atoms with Gasteiger partial charge in [0.2, 0.25) is 5.91 Å². The van der Waals surface area contributed by atoms with Gasteiger partial charge < -0.3 is 15.3 Å². The van der Waals surface area contributed by atoms with Crippen molar-refractivity contribution in [2.75, 3.05) is 13.1 Å². The van der Waals surface area contributed by atoms with Crippen LogP contribution in [0.1, 0.15) is 37.8 Å². The van der Waals surface area contributed by atoms with E-state index in [0.717, 1.165) is 37.1 Å². The number of phenols is 1. The highest BCUT2D eigenvalue weighted by Gasteiger charge is 2.23. The highest BCUT2D eigenvalue weighted by Crippen LogP contribution is 2.22. The molecule has 0 radical (unpaired) electrons. The summed E-state index contributed by atoms with van der Waals surface area (Å²) in [5, 5.41) is 13.5. The summed E-state index contributed by atoms with van der Waals surface area (Å²) in [7, 11) is 0. The summed E-state index contributed by atoms with van der Waals surface area (Å²) in [5.41, 5.74) is 1.85. The van der Waals surface area contributed by atoms with E-state index in [-0.39, 0.29) is 11.8 Å². The lowest BCUT2D eigenvalue weighted by Gasteiger charge is -2.33. The van der Waals surface area contributed by atoms with Gasteiger partial charge in [0.05, 0.1) is 0 Å². The molecule has 4 nitrogen and oxygen atoms in total. The Balaban J connectivity index is 1.82. The minimum absolute atomic E-state index is 0.0822. The van der Waals surface area contributed by atoms with Crippen LogP contribution >= 0.6 is 0 Å². The van der Waals surface area contributed by atoms with Gasteiger partial charge in [-0.25, -0.2) is 0 Å². The van der Waals surface area contributed by atoms with Crippen molar-refractivity contribution >= 4 is 5.91 Å². The largest absolute Gasteiger partial charge is 0.507 e. The van der Waals surface area contributed by atoms with Crippen LogP contribution in [0, 0.1) is 12.8 Å². The Hall–Kier alpha value is -1.55. The zero-order valence-electron chi connectivity index (χ0n) is 13.2. The van der Waals surface area contributed by atoms with E-state index >= 15 is 0 Å². The molecule has 1 saturated heterocycles. The van der Waals surface area contributed by atoms with Crippen LogP contribution in [0.2, 0.25) is 0 Å². The number of para-hydroxylation sites is 1. The third-order valence-electron chi connectivity index (χ3n) is 4.20. The molecule has 1 aliphatic rings. The standard InChI is InChI=1S/C17H26N2O2/c1-12(2)17(21)19-9-7-15(8-10-19)18-11-14-6-4-5-13(3)16(14)20/h4-6,12,15,18,20H,7-11H2,1-3H3. The van der Waals surface area contributed by atoms with Crippen molar-refractivity contribution in [3.8, 4) is 5.75 Å². The van der Waals surface area contributed by atoms with Crippen molar-refractivity contribution in [1.82, 2.24) is 10.2 Å². The fraction of sp³-hybridized carbons (Fsp3) is 0.588. The Bertz CT molecular complexity index is 492. The normalized spacial score (nSPS) is 16.5. The molecule has 0 saturated carbocycles. The fourth-order valence-electron chi connectivity index (χ4n) is 2.79. The number of carbonyl (C=O) groups is 1. The average Bonchev–Trinajstić information content (AvgIpc) is 2.48. The van der Waals surface area contributed by atoms with Crippen LogP contribution in [0.25, 0.3) is 0 Å². The number of aromatic hydroxyl groups is 1. The second kappa shape index (κ2) is 6.94. The second-order valence-electron chi connectivity index (χ2n) is 6.22. The topological polar surface area (TPSA) is 52.6 Å². The van der Waals surface area contributed by atoms with Crippen LogP contribution in [0.4, 0.5) is 0 Å². The molecule has 0 aliphatic carbocycles. The first kappa shape index (κ1) is 15.8. The molecule has 1 aromatic rings. The number of hydrogen-bond acceptors (Lipinski definition) is 3. The molecule has 1 amide bonds. The molecule has 2 N–H and O–H groups in total. The van der Waals surface area contributed by atoms with E-state index in [9.17, 15) is 9.90 Å². The van der Waals surface area contributed by atoms with Gasteiger partial charge in [-0.15, -0.1) is 0 Å². The molecule has 1 fully saturated rings. The Morgan fingerprint density at radius 2 is 2.05 bits per heavy atom. The number of amides is 1. The van der Waals surface area contributed by atoms with Gasteiger partial charge >= 0.3 is 0 Å². The van der Waals surface area contributed by atoms with Gasteiger partial charge in [0, 0.05) is 37.2 Å². The van der Waals surface area contributed by atoms with Crippen molar-refractivity contribution in [2.45, 2.75) is 46.2 Å². The highest BCUT2D eigenvalue weighted by atomic mass is 16.3. The number of nitrogens with zero attached hydrogens (tertiary/aromatic N) is 1. The first-order chi connectivity index (χ1) is 9.99. The molecule has 21 heavy (non-hydrogen) atoms. The van der Waals surface area contributed by atoms with E-state index in [2.05, 4.69) is 5.32 Å². The lowest BCUT2D eigenvalue weighted by atomic mass is 10.0. The van der Waals surface area contributed by atoms with Gasteiger partial charge in [-0.3, -0.25) is 4.79 Å². The Labute approximate surface area is 127 Å². The Kier molecular flexibility index (Phi) is 5.23. The molecule has 0 atom stereocenters. The van der Waals surface area contributed by atoms with Crippen molar-refractivity contribution < 1.29 is 9.90 Å². The number of carbonyl (C=O) groups excluding carboxylic acids is 1. The molecule has 0 spiro atoms. The van der Waals surface area contributed by atoms with Crippen molar-refractivity contribution in [1.29, 1.82) is 0 Å². The molecule has 1 aliphatic heterocycles. The summed E-state index contributed by atoms with van der Waals surface area (Å²) in [5.74, 6) is 0.723. The minimum Gasteiger partial charge on any atom is -0.507 e. The predicted octanol–water partition coefficient (Wildman–Crippen LogP) is 2.44. The van der Waals surface area contributed by atoms with E-state index in [1.54, 1.807) is 0 Å². The smallest absolute Gasteiger partial charge is 0.225 e. The summed E-state index contributed by atoms with van der Waals surface area (Å²) < 4.78 is 0. The van der Waals surface area contributed by atoms with Crippen molar-refractivity contribution in [2.24, 2.45) is 5.92 Å². The van der Waals surface area contributed by atoms with Gasteiger partial charge in [-0.1, -0.05) is 32.0 Å². The lowest BCUT2D eigenvalue weighted by Crippen LogP contribution is -2.45. The molecule has 1 aromatic carbocycles. The molecule has 2 rings (SSSR count). The lowest BCUT2D eigenvalue weighted by molar-refractivity contribution is -0.135. The van der Waals surface area contributed by atoms with Crippen LogP contribution in [0.3, 0.4) is 0 Å². The number of benzene rings is 1. The number of nitrogens with one attached hydrogen (secondary N) is 1. The summed E-state index contributed by atoms with van der Waals surface area (Å²) in [6.07, 6.45) is 1.95. The van der Waals surface area contributed by atoms with Crippen LogP contribution < -0.4 is 5.32 Å². The maximum atomic E-state index is 11.9. The number of piperidine rings is 1. The summed E-state index contributed by atoms with van der Waals surface area (Å²) in [4.78, 5) is 13.9. The SMILES string of the molecule is Cc1cccc(CNC2CCN(C(=O)C(C)C)CC2)c1O. The number of likely N-dealkylation sites (tertiary alicyclic amines) is 1. The molecule has 1 heterocycles. The maximum absolute atomic E-state index is 11.9. The van der Waals surface area contributed by atoms with Gasteiger partial charge in [-0.2, -0.15) is 0 Å². The molecule has 0 aromatic heterocycles. The molecule has 0 unspecified atom stereocenters. The van der Waals surface area contributed by atoms with Gasteiger partial charge in [-0.05, 0) is 25.3 Å². The van der Waals surface area contributed by atoms with Gasteiger partial charge in [0.25, 0.3) is 0 Å². The third-order valence-corrected chi connectivity index (χ3v) is 4.20. The van der Waals surface area contributed by atoms with E-state index in [4.69, 9.17) is 0 Å². The van der Waals surface area contributed by atoms with Gasteiger partial charge in [0.15, 0.2) is 0 Å². The van der Waals surface area contributed by atoms with Crippen LogP contribution in [-0.2, 0) is 11.3 Å². The summed E-state index contributed by atoms with van der Waals surface area (Å²) in [6.45, 7) is 8.15. The number of hydrogen-bond donors (Lipinski definition) is 2. The van der Waals surface area contributed by atoms with E-state index in [1.807, 2.05) is 43.9 Å². The second-order valence-corrected chi connectivity index (χ2v) is 6.22. The van der Waals surface area contributed by atoms with Crippen molar-refractivity contribution in [3.63, 3.8) is 0 Å². The quantitative estimate of drug-likeness (QED) is 0.895. The van der Waals surface area contributed by atoms with Gasteiger partial charge in [0.1, 0.15) is 5.75 Å². The van der Waals surface area contributed by atoms with Crippen LogP contribution in [0.15, 0.2) is 18.2 Å². The Morgan fingerprint density at radius 1 is 1.38 bits per heavy atom. The highest BCUT2D eigenvalue weighted by molar-refractivity contribution is 5.78. The third kappa shape index (κ3) is 3.97. The number of aryl methyl sites for hydroxylation is 1. The molecular weight excluding hydrogens is 264 g/mol. The maximum Gasteiger partial charge on any atom is 0.225 e. The predicted molar refractivity (Wildman–Crippen MR) is 84.1 cm³/mol. The average molecular weight is 290 g/mol. The van der Waals surface area contributed by atoms with Crippen LogP contribution in [0.5, 0.6) is 5.75 Å². The molecule has 0 bridgehead atoms. The summed E-state index contributed by atoms with van der Waals surface area (Å²) >= 11 is 0. The molecule has 116 valence electrons. The zero-order chi connectivity index (χ0) is 15.4. The first-order valence-electron chi connectivity index (χ1n) is 7.78. The molecular formula is C17H26N2O2. The minimum atomic E-state index is 0.0822. The summed E-state index contributed by atoms with van der Waals surface area (Å²) in [6, 6.07) is 6.25. The van der Waals surface area contributed by atoms with Crippen molar-refractivity contribution in [3.05, 3.63) is 29.3 Å². The molecule has 4 heteroatoms. The van der Waals surface area contributed by atoms with E-state index in [1.165, 1.54) is 0 Å².